The van der Waals surface area contributed by atoms with Crippen LogP contribution in [0.15, 0.2) is 36.5 Å². The number of nitrogens with zero attached hydrogens (tertiary/aromatic N) is 3. The lowest BCUT2D eigenvalue weighted by Gasteiger charge is -2.37. The molecular formula is C17H12ClF4N3O4. The van der Waals surface area contributed by atoms with E-state index in [-0.39, 0.29) is 17.1 Å². The second-order valence-electron chi connectivity index (χ2n) is 6.06. The molecular weight excluding hydrogens is 422 g/mol. The first-order valence-electron chi connectivity index (χ1n) is 8.00. The summed E-state index contributed by atoms with van der Waals surface area (Å²) in [5.74, 6) is -3.19. The third-order valence-electron chi connectivity index (χ3n) is 4.15. The Morgan fingerprint density at radius 3 is 2.45 bits per heavy atom. The van der Waals surface area contributed by atoms with E-state index in [1.165, 1.54) is 0 Å². The number of rotatable bonds is 4. The van der Waals surface area contributed by atoms with Gasteiger partial charge < -0.3 is 4.90 Å². The third-order valence-corrected chi connectivity index (χ3v) is 4.36. The Morgan fingerprint density at radius 2 is 1.90 bits per heavy atom. The van der Waals surface area contributed by atoms with Gasteiger partial charge in [0, 0.05) is 12.7 Å². The highest BCUT2D eigenvalue weighted by Gasteiger charge is 2.42. The first-order valence-corrected chi connectivity index (χ1v) is 8.38. The molecule has 2 heterocycles. The lowest BCUT2D eigenvalue weighted by atomic mass is 10.1. The zero-order valence-electron chi connectivity index (χ0n) is 14.4. The fourth-order valence-electron chi connectivity index (χ4n) is 2.76. The van der Waals surface area contributed by atoms with E-state index in [1.54, 1.807) is 0 Å². The zero-order chi connectivity index (χ0) is 21.3. The molecule has 0 unspecified atom stereocenters. The fourth-order valence-corrected chi connectivity index (χ4v) is 2.90. The van der Waals surface area contributed by atoms with Gasteiger partial charge in [-0.05, 0) is 23.8 Å². The molecule has 0 aliphatic carbocycles. The van der Waals surface area contributed by atoms with Crippen molar-refractivity contribution in [1.29, 1.82) is 0 Å². The van der Waals surface area contributed by atoms with Gasteiger partial charge in [-0.2, -0.15) is 13.2 Å². The molecule has 0 bridgehead atoms. The van der Waals surface area contributed by atoms with Crippen LogP contribution < -0.4 is 4.90 Å². The molecule has 0 radical (unpaired) electrons. The number of aromatic nitrogens is 1. The molecule has 7 nitrogen and oxygen atoms in total. The Hall–Kier alpha value is -2.76. The smallest absolute Gasteiger partial charge is 0.300 e. The summed E-state index contributed by atoms with van der Waals surface area (Å²) in [4.78, 5) is 34.4. The quantitative estimate of drug-likeness (QED) is 0.455. The van der Waals surface area contributed by atoms with Crippen LogP contribution in [0.1, 0.15) is 11.1 Å². The van der Waals surface area contributed by atoms with E-state index < -0.39 is 48.0 Å². The van der Waals surface area contributed by atoms with Crippen molar-refractivity contribution in [1.82, 2.24) is 9.88 Å². The summed E-state index contributed by atoms with van der Waals surface area (Å²) in [6.07, 6.45) is -5.29. The number of pyridine rings is 1. The first kappa shape index (κ1) is 21.0. The van der Waals surface area contributed by atoms with Gasteiger partial charge in [0.1, 0.15) is 6.54 Å². The van der Waals surface area contributed by atoms with E-state index in [1.807, 2.05) is 0 Å². The number of hydrogen-bond donors (Lipinski definition) is 1. The molecule has 1 N–H and O–H groups in total. The van der Waals surface area contributed by atoms with E-state index in [0.717, 1.165) is 41.4 Å². The minimum atomic E-state index is -4.53. The van der Waals surface area contributed by atoms with Gasteiger partial charge in [-0.25, -0.2) is 19.5 Å². The van der Waals surface area contributed by atoms with Crippen LogP contribution in [0.2, 0.25) is 5.02 Å². The summed E-state index contributed by atoms with van der Waals surface area (Å²) >= 11 is 5.61. The second-order valence-corrected chi connectivity index (χ2v) is 6.49. The minimum absolute atomic E-state index is 0.0269. The van der Waals surface area contributed by atoms with Gasteiger partial charge in [-0.3, -0.25) is 14.5 Å². The van der Waals surface area contributed by atoms with Gasteiger partial charge in [0.05, 0.1) is 10.6 Å². The van der Waals surface area contributed by atoms with Gasteiger partial charge in [-0.15, -0.1) is 0 Å². The van der Waals surface area contributed by atoms with Crippen molar-refractivity contribution < 1.29 is 37.3 Å². The Labute approximate surface area is 166 Å². The fraction of sp³-hybridized carbons (Fsp3) is 0.235. The molecule has 12 heteroatoms. The molecule has 1 aliphatic rings. The Morgan fingerprint density at radius 1 is 1.24 bits per heavy atom. The van der Waals surface area contributed by atoms with Crippen LogP contribution in [0.3, 0.4) is 0 Å². The van der Waals surface area contributed by atoms with Crippen molar-refractivity contribution in [2.75, 3.05) is 11.4 Å². The molecule has 2 aromatic rings. The van der Waals surface area contributed by atoms with E-state index in [9.17, 15) is 27.2 Å². The van der Waals surface area contributed by atoms with Crippen LogP contribution in [-0.4, -0.2) is 39.7 Å². The standard InChI is InChI=1S/C17H12ClF4N3O4/c18-11-5-12(19)14(23-6-11)25-8-13(26)24(16(29-28)15(25)27)7-9-1-3-10(4-2-9)17(20,21)22/h1-6,16,28H,7-8H2/t16-/m0/s1. The average Bonchev–Trinajstić information content (AvgIpc) is 2.65. The predicted molar refractivity (Wildman–Crippen MR) is 91.1 cm³/mol. The second kappa shape index (κ2) is 7.93. The lowest BCUT2D eigenvalue weighted by molar-refractivity contribution is -0.301. The SMILES string of the molecule is O=C1[C@H](OO)N(Cc2ccc(C(F)(F)F)cc2)C(=O)CN1c1ncc(Cl)cc1F. The third kappa shape index (κ3) is 4.31. The molecule has 0 saturated carbocycles. The van der Waals surface area contributed by atoms with E-state index in [4.69, 9.17) is 16.9 Å². The van der Waals surface area contributed by atoms with Crippen molar-refractivity contribution in [2.24, 2.45) is 0 Å². The van der Waals surface area contributed by atoms with E-state index >= 15 is 0 Å². The van der Waals surface area contributed by atoms with Gasteiger partial charge in [-0.1, -0.05) is 23.7 Å². The Balaban J connectivity index is 1.83. The molecule has 2 amide bonds. The maximum absolute atomic E-state index is 14.1. The lowest BCUT2D eigenvalue weighted by Crippen LogP contribution is -2.60. The van der Waals surface area contributed by atoms with Crippen LogP contribution in [0, 0.1) is 5.82 Å². The van der Waals surface area contributed by atoms with Crippen LogP contribution in [0.25, 0.3) is 0 Å². The number of anilines is 1. The van der Waals surface area contributed by atoms with Gasteiger partial charge in [0.25, 0.3) is 5.91 Å². The van der Waals surface area contributed by atoms with Crippen LogP contribution in [0.4, 0.5) is 23.4 Å². The highest BCUT2D eigenvalue weighted by molar-refractivity contribution is 6.30. The number of hydrogen-bond acceptors (Lipinski definition) is 5. The number of carbonyl (C=O) groups excluding carboxylic acids is 2. The predicted octanol–water partition coefficient (Wildman–Crippen LogP) is 3.08. The minimum Gasteiger partial charge on any atom is -0.300 e. The summed E-state index contributed by atoms with van der Waals surface area (Å²) in [6, 6.07) is 4.79. The number of alkyl halides is 3. The van der Waals surface area contributed by atoms with Crippen molar-refractivity contribution in [3.05, 3.63) is 58.5 Å². The van der Waals surface area contributed by atoms with Gasteiger partial charge in [0.15, 0.2) is 11.6 Å². The molecule has 154 valence electrons. The number of carbonyl (C=O) groups is 2. The highest BCUT2D eigenvalue weighted by Crippen LogP contribution is 2.30. The van der Waals surface area contributed by atoms with Gasteiger partial charge in [0.2, 0.25) is 12.1 Å². The summed E-state index contributed by atoms with van der Waals surface area (Å²) in [5.41, 5.74) is -0.627. The van der Waals surface area contributed by atoms with E-state index in [0.29, 0.717) is 4.90 Å². The maximum Gasteiger partial charge on any atom is 0.416 e. The number of amides is 2. The first-order chi connectivity index (χ1) is 13.6. The summed E-state index contributed by atoms with van der Waals surface area (Å²) in [7, 11) is 0. The van der Waals surface area contributed by atoms with Crippen molar-refractivity contribution >= 4 is 29.2 Å². The number of halogens is 5. The van der Waals surface area contributed by atoms with Crippen LogP contribution in [-0.2, 0) is 27.2 Å². The largest absolute Gasteiger partial charge is 0.416 e. The Kier molecular flexibility index (Phi) is 5.73. The highest BCUT2D eigenvalue weighted by atomic mass is 35.5. The molecule has 3 rings (SSSR count). The monoisotopic (exact) mass is 433 g/mol. The molecule has 0 spiro atoms. The zero-order valence-corrected chi connectivity index (χ0v) is 15.1. The maximum atomic E-state index is 14.1. The van der Waals surface area contributed by atoms with Crippen LogP contribution in [0.5, 0.6) is 0 Å². The molecule has 1 fully saturated rings. The van der Waals surface area contributed by atoms with Crippen molar-refractivity contribution in [2.45, 2.75) is 18.9 Å². The summed E-state index contributed by atoms with van der Waals surface area (Å²) in [6.45, 7) is -0.941. The Bertz CT molecular complexity index is 939. The summed E-state index contributed by atoms with van der Waals surface area (Å²) < 4.78 is 52.1. The van der Waals surface area contributed by atoms with E-state index in [2.05, 4.69) is 9.87 Å². The molecule has 1 aromatic carbocycles. The molecule has 1 aromatic heterocycles. The average molecular weight is 434 g/mol. The molecule has 1 aliphatic heterocycles. The van der Waals surface area contributed by atoms with Crippen LogP contribution >= 0.6 is 11.6 Å². The molecule has 1 atom stereocenters. The number of benzene rings is 1. The molecule has 29 heavy (non-hydrogen) atoms. The van der Waals surface area contributed by atoms with Crippen molar-refractivity contribution in [3.63, 3.8) is 0 Å². The van der Waals surface area contributed by atoms with Crippen molar-refractivity contribution in [3.8, 4) is 0 Å². The number of piperazine rings is 1. The van der Waals surface area contributed by atoms with Gasteiger partial charge >= 0.3 is 6.18 Å². The topological polar surface area (TPSA) is 83.0 Å². The normalized spacial score (nSPS) is 17.8. The summed E-state index contributed by atoms with van der Waals surface area (Å²) in [5, 5.41) is 9.10. The molecule has 1 saturated heterocycles.